The molecule has 146 valence electrons. The maximum absolute atomic E-state index is 12.6. The average Bonchev–Trinajstić information content (AvgIpc) is 3.07. The van der Waals surface area contributed by atoms with Gasteiger partial charge in [-0.1, -0.05) is 37.6 Å². The van der Waals surface area contributed by atoms with Gasteiger partial charge in [-0.3, -0.25) is 14.9 Å². The van der Waals surface area contributed by atoms with E-state index in [1.165, 1.54) is 6.07 Å². The second-order valence-electron chi connectivity index (χ2n) is 7.24. The van der Waals surface area contributed by atoms with Crippen molar-refractivity contribution in [1.82, 2.24) is 10.3 Å². The van der Waals surface area contributed by atoms with Gasteiger partial charge in [0.05, 0.1) is 4.92 Å². The van der Waals surface area contributed by atoms with Crippen molar-refractivity contribution in [3.8, 4) is 0 Å². The van der Waals surface area contributed by atoms with E-state index in [1.807, 2.05) is 38.2 Å². The Balaban J connectivity index is 2.03. The predicted molar refractivity (Wildman–Crippen MR) is 111 cm³/mol. The third-order valence-corrected chi connectivity index (χ3v) is 4.87. The third kappa shape index (κ3) is 4.51. The molecular formula is C21H22ClN3O3. The van der Waals surface area contributed by atoms with Crippen LogP contribution in [0.15, 0.2) is 48.7 Å². The van der Waals surface area contributed by atoms with E-state index in [1.54, 1.807) is 18.2 Å². The summed E-state index contributed by atoms with van der Waals surface area (Å²) < 4.78 is 0. The van der Waals surface area contributed by atoms with E-state index in [0.29, 0.717) is 17.5 Å². The summed E-state index contributed by atoms with van der Waals surface area (Å²) in [6.07, 6.45) is 2.04. The Bertz CT molecular complexity index is 1010. The van der Waals surface area contributed by atoms with Crippen LogP contribution in [-0.4, -0.2) is 22.4 Å². The highest BCUT2D eigenvalue weighted by Gasteiger charge is 2.23. The van der Waals surface area contributed by atoms with Crippen LogP contribution in [0.5, 0.6) is 0 Å². The van der Waals surface area contributed by atoms with Crippen molar-refractivity contribution < 1.29 is 9.72 Å². The van der Waals surface area contributed by atoms with Crippen LogP contribution >= 0.6 is 11.6 Å². The van der Waals surface area contributed by atoms with E-state index in [0.717, 1.165) is 22.0 Å². The molecule has 3 aromatic rings. The lowest BCUT2D eigenvalue weighted by atomic mass is 9.88. The molecule has 0 aliphatic carbocycles. The Morgan fingerprint density at radius 2 is 2.04 bits per heavy atom. The fraction of sp³-hybridized carbons (Fsp3) is 0.286. The van der Waals surface area contributed by atoms with E-state index < -0.39 is 4.92 Å². The first-order valence-corrected chi connectivity index (χ1v) is 9.50. The highest BCUT2D eigenvalue weighted by atomic mass is 35.5. The van der Waals surface area contributed by atoms with Gasteiger partial charge in [-0.05, 0) is 35.2 Å². The standard InChI is InChI=1S/C21H22ClN3O3/c1-13(2)11-24-21(26)10-17(14-4-3-5-15(22)8-14)19-12-23-20-7-6-16(25(27)28)9-18(19)20/h3-9,12-13,17,23H,10-11H2,1-2H3,(H,24,26). The van der Waals surface area contributed by atoms with Gasteiger partial charge in [-0.25, -0.2) is 0 Å². The van der Waals surface area contributed by atoms with Gasteiger partial charge in [0.1, 0.15) is 0 Å². The van der Waals surface area contributed by atoms with Gasteiger partial charge in [0.25, 0.3) is 5.69 Å². The SMILES string of the molecule is CC(C)CNC(=O)CC(c1cccc(Cl)c1)c1c[nH]c2ccc([N+](=O)[O-])cc12. The number of benzene rings is 2. The minimum Gasteiger partial charge on any atom is -0.361 e. The average molecular weight is 400 g/mol. The Morgan fingerprint density at radius 3 is 2.71 bits per heavy atom. The van der Waals surface area contributed by atoms with Crippen LogP contribution in [0.2, 0.25) is 5.02 Å². The molecule has 1 heterocycles. The maximum atomic E-state index is 12.6. The van der Waals surface area contributed by atoms with Gasteiger partial charge in [0.2, 0.25) is 5.91 Å². The quantitative estimate of drug-likeness (QED) is 0.431. The number of nitro benzene ring substituents is 1. The van der Waals surface area contributed by atoms with Crippen LogP contribution in [-0.2, 0) is 4.79 Å². The second-order valence-corrected chi connectivity index (χ2v) is 7.68. The number of aromatic amines is 1. The number of rotatable bonds is 7. The van der Waals surface area contributed by atoms with Crippen molar-refractivity contribution in [3.63, 3.8) is 0 Å². The fourth-order valence-corrected chi connectivity index (χ4v) is 3.44. The van der Waals surface area contributed by atoms with Crippen molar-refractivity contribution in [1.29, 1.82) is 0 Å². The molecular weight excluding hydrogens is 378 g/mol. The molecule has 0 bridgehead atoms. The Kier molecular flexibility index (Phi) is 5.99. The van der Waals surface area contributed by atoms with Crippen LogP contribution in [0, 0.1) is 16.0 Å². The van der Waals surface area contributed by atoms with Crippen LogP contribution in [0.25, 0.3) is 10.9 Å². The molecule has 0 aliphatic heterocycles. The number of halogens is 1. The van der Waals surface area contributed by atoms with Crippen molar-refractivity contribution in [2.75, 3.05) is 6.54 Å². The Hall–Kier alpha value is -2.86. The lowest BCUT2D eigenvalue weighted by Crippen LogP contribution is -2.28. The number of carbonyl (C=O) groups is 1. The summed E-state index contributed by atoms with van der Waals surface area (Å²) in [4.78, 5) is 26.5. The number of nitrogens with zero attached hydrogens (tertiary/aromatic N) is 1. The predicted octanol–water partition coefficient (Wildman–Crippen LogP) is 5.02. The summed E-state index contributed by atoms with van der Waals surface area (Å²) in [7, 11) is 0. The molecule has 3 rings (SSSR count). The molecule has 2 aromatic carbocycles. The molecule has 1 amide bonds. The third-order valence-electron chi connectivity index (χ3n) is 4.63. The van der Waals surface area contributed by atoms with Gasteiger partial charge >= 0.3 is 0 Å². The zero-order valence-electron chi connectivity index (χ0n) is 15.7. The van der Waals surface area contributed by atoms with E-state index >= 15 is 0 Å². The largest absolute Gasteiger partial charge is 0.361 e. The van der Waals surface area contributed by atoms with E-state index in [9.17, 15) is 14.9 Å². The highest BCUT2D eigenvalue weighted by molar-refractivity contribution is 6.30. The zero-order valence-corrected chi connectivity index (χ0v) is 16.5. The van der Waals surface area contributed by atoms with Crippen molar-refractivity contribution in [2.45, 2.75) is 26.2 Å². The summed E-state index contributed by atoms with van der Waals surface area (Å²) >= 11 is 6.18. The molecule has 0 saturated heterocycles. The first kappa shape index (κ1) is 19.9. The van der Waals surface area contributed by atoms with Crippen LogP contribution in [0.4, 0.5) is 5.69 Å². The lowest BCUT2D eigenvalue weighted by molar-refractivity contribution is -0.384. The minimum absolute atomic E-state index is 0.0162. The number of non-ortho nitro benzene ring substituents is 1. The molecule has 1 unspecified atom stereocenters. The molecule has 2 N–H and O–H groups in total. The minimum atomic E-state index is -0.417. The maximum Gasteiger partial charge on any atom is 0.270 e. The van der Waals surface area contributed by atoms with Gasteiger partial charge in [-0.2, -0.15) is 0 Å². The second kappa shape index (κ2) is 8.44. The lowest BCUT2D eigenvalue weighted by Gasteiger charge is -2.18. The van der Waals surface area contributed by atoms with Crippen molar-refractivity contribution in [3.05, 3.63) is 74.9 Å². The molecule has 0 spiro atoms. The number of nitrogens with one attached hydrogen (secondary N) is 2. The first-order chi connectivity index (χ1) is 13.3. The molecule has 28 heavy (non-hydrogen) atoms. The number of carbonyl (C=O) groups excluding carboxylic acids is 1. The molecule has 0 fully saturated rings. The molecule has 1 atom stereocenters. The number of amides is 1. The fourth-order valence-electron chi connectivity index (χ4n) is 3.24. The Labute approximate surface area is 168 Å². The zero-order chi connectivity index (χ0) is 20.3. The topological polar surface area (TPSA) is 88.0 Å². The number of H-pyrrole nitrogens is 1. The van der Waals surface area contributed by atoms with Gasteiger partial charge in [0.15, 0.2) is 0 Å². The van der Waals surface area contributed by atoms with Crippen LogP contribution in [0.1, 0.15) is 37.3 Å². The summed E-state index contributed by atoms with van der Waals surface area (Å²) in [6.45, 7) is 4.67. The van der Waals surface area contributed by atoms with Crippen molar-refractivity contribution in [2.24, 2.45) is 5.92 Å². The normalized spacial score (nSPS) is 12.3. The highest BCUT2D eigenvalue weighted by Crippen LogP contribution is 2.35. The molecule has 1 aromatic heterocycles. The molecule has 7 heteroatoms. The smallest absolute Gasteiger partial charge is 0.270 e. The Morgan fingerprint density at radius 1 is 1.25 bits per heavy atom. The van der Waals surface area contributed by atoms with Crippen LogP contribution < -0.4 is 5.32 Å². The summed E-state index contributed by atoms with van der Waals surface area (Å²) in [5, 5.41) is 15.5. The van der Waals surface area contributed by atoms with E-state index in [-0.39, 0.29) is 23.9 Å². The molecule has 0 aliphatic rings. The van der Waals surface area contributed by atoms with E-state index in [2.05, 4.69) is 10.3 Å². The summed E-state index contributed by atoms with van der Waals surface area (Å²) in [6, 6.07) is 12.1. The van der Waals surface area contributed by atoms with E-state index in [4.69, 9.17) is 11.6 Å². The number of hydrogen-bond acceptors (Lipinski definition) is 3. The first-order valence-electron chi connectivity index (χ1n) is 9.12. The van der Waals surface area contributed by atoms with Gasteiger partial charge in [-0.15, -0.1) is 0 Å². The summed E-state index contributed by atoms with van der Waals surface area (Å²) in [5.41, 5.74) is 2.53. The number of aromatic nitrogens is 1. The number of hydrogen-bond donors (Lipinski definition) is 2. The number of nitro groups is 1. The van der Waals surface area contributed by atoms with Crippen LogP contribution in [0.3, 0.4) is 0 Å². The molecule has 0 saturated carbocycles. The molecule has 6 nitrogen and oxygen atoms in total. The van der Waals surface area contributed by atoms with Crippen molar-refractivity contribution >= 4 is 34.1 Å². The van der Waals surface area contributed by atoms with Gasteiger partial charge in [0, 0.05) is 53.1 Å². The monoisotopic (exact) mass is 399 g/mol. The molecule has 0 radical (unpaired) electrons. The summed E-state index contributed by atoms with van der Waals surface area (Å²) in [5.74, 6) is 0.00406. The van der Waals surface area contributed by atoms with Gasteiger partial charge < -0.3 is 10.3 Å². The number of fused-ring (bicyclic) bond motifs is 1.